The molecular weight excluding hydrogens is 330 g/mol. The fourth-order valence-corrected chi connectivity index (χ4v) is 2.76. The van der Waals surface area contributed by atoms with Crippen LogP contribution in [-0.4, -0.2) is 22.1 Å². The van der Waals surface area contributed by atoms with Crippen molar-refractivity contribution in [1.29, 1.82) is 0 Å². The molecule has 1 N–H and O–H groups in total. The van der Waals surface area contributed by atoms with Gasteiger partial charge in [-0.1, -0.05) is 24.3 Å². The molecule has 0 fully saturated rings. The Labute approximate surface area is 151 Å². The molecule has 26 heavy (non-hydrogen) atoms. The Balaban J connectivity index is 1.68. The van der Waals surface area contributed by atoms with Gasteiger partial charge in [-0.25, -0.2) is 4.98 Å². The third-order valence-corrected chi connectivity index (χ3v) is 4.11. The summed E-state index contributed by atoms with van der Waals surface area (Å²) in [4.78, 5) is 29.0. The first-order chi connectivity index (χ1) is 12.6. The lowest BCUT2D eigenvalue weighted by Crippen LogP contribution is -2.33. The third kappa shape index (κ3) is 3.91. The summed E-state index contributed by atoms with van der Waals surface area (Å²) in [5, 5.41) is 3.41. The molecule has 0 aliphatic rings. The number of amides is 1. The fourth-order valence-electron chi connectivity index (χ4n) is 2.76. The molecule has 134 valence electrons. The number of carbonyl (C=O) groups is 1. The van der Waals surface area contributed by atoms with Crippen molar-refractivity contribution in [2.75, 3.05) is 6.61 Å². The van der Waals surface area contributed by atoms with Gasteiger partial charge in [0.15, 0.2) is 0 Å². The van der Waals surface area contributed by atoms with Crippen molar-refractivity contribution in [2.45, 2.75) is 26.4 Å². The monoisotopic (exact) mass is 351 g/mol. The maximum Gasteiger partial charge on any atom is 0.261 e. The van der Waals surface area contributed by atoms with Crippen LogP contribution in [0.1, 0.15) is 25.5 Å². The number of fused-ring (bicyclic) bond motifs is 1. The minimum atomic E-state index is -0.245. The number of benzene rings is 2. The van der Waals surface area contributed by atoms with Crippen molar-refractivity contribution >= 4 is 16.8 Å². The van der Waals surface area contributed by atoms with Crippen molar-refractivity contribution in [1.82, 2.24) is 14.9 Å². The number of aromatic nitrogens is 2. The molecule has 0 aliphatic heterocycles. The summed E-state index contributed by atoms with van der Waals surface area (Å²) < 4.78 is 6.74. The number of ether oxygens (including phenoxy) is 1. The van der Waals surface area contributed by atoms with Crippen LogP contribution in [0, 0.1) is 0 Å². The summed E-state index contributed by atoms with van der Waals surface area (Å²) in [5.74, 6) is 0.550. The number of carbonyl (C=O) groups excluding carboxylic acids is 1. The Morgan fingerprint density at radius 2 is 1.92 bits per heavy atom. The lowest BCUT2D eigenvalue weighted by atomic mass is 10.1. The normalized spacial score (nSPS) is 11.9. The Bertz CT molecular complexity index is 964. The van der Waals surface area contributed by atoms with E-state index in [-0.39, 0.29) is 24.1 Å². The highest BCUT2D eigenvalue weighted by Gasteiger charge is 2.12. The molecule has 2 aromatic carbocycles. The zero-order valence-corrected chi connectivity index (χ0v) is 14.8. The molecule has 6 nitrogen and oxygen atoms in total. The van der Waals surface area contributed by atoms with Crippen molar-refractivity contribution in [3.05, 3.63) is 70.8 Å². The second-order valence-corrected chi connectivity index (χ2v) is 5.99. The van der Waals surface area contributed by atoms with Crippen LogP contribution in [0.5, 0.6) is 5.75 Å². The van der Waals surface area contributed by atoms with Gasteiger partial charge in [-0.15, -0.1) is 0 Å². The Morgan fingerprint density at radius 3 is 2.65 bits per heavy atom. The van der Waals surface area contributed by atoms with E-state index in [0.29, 0.717) is 17.5 Å². The van der Waals surface area contributed by atoms with Gasteiger partial charge in [-0.05, 0) is 43.7 Å². The highest BCUT2D eigenvalue weighted by molar-refractivity contribution is 5.79. The first-order valence-corrected chi connectivity index (χ1v) is 8.54. The van der Waals surface area contributed by atoms with Gasteiger partial charge in [0, 0.05) is 0 Å². The molecule has 1 unspecified atom stereocenters. The number of nitrogens with one attached hydrogen (secondary N) is 1. The number of para-hydroxylation sites is 1. The first-order valence-electron chi connectivity index (χ1n) is 8.54. The molecule has 1 aromatic heterocycles. The van der Waals surface area contributed by atoms with Crippen LogP contribution in [0.25, 0.3) is 10.9 Å². The minimum Gasteiger partial charge on any atom is -0.494 e. The molecule has 0 saturated heterocycles. The topological polar surface area (TPSA) is 73.2 Å². The van der Waals surface area contributed by atoms with Crippen LogP contribution in [0.2, 0.25) is 0 Å². The molecule has 3 aromatic rings. The minimum absolute atomic E-state index is 0.0714. The summed E-state index contributed by atoms with van der Waals surface area (Å²) in [6, 6.07) is 14.5. The lowest BCUT2D eigenvalue weighted by Gasteiger charge is -2.15. The molecule has 3 rings (SSSR count). The summed E-state index contributed by atoms with van der Waals surface area (Å²) >= 11 is 0. The standard InChI is InChI=1S/C20H21N3O3/c1-3-26-16-10-8-15(9-11-16)14(2)22-19(24)12-23-13-21-18-7-5-4-6-17(18)20(23)25/h4-11,13-14H,3,12H2,1-2H3,(H,22,24). The van der Waals surface area contributed by atoms with Gasteiger partial charge in [0.25, 0.3) is 5.56 Å². The second kappa shape index (κ2) is 7.82. The largest absolute Gasteiger partial charge is 0.494 e. The molecular formula is C20H21N3O3. The molecule has 0 bridgehead atoms. The van der Waals surface area contributed by atoms with E-state index < -0.39 is 0 Å². The maximum atomic E-state index is 12.4. The molecule has 1 heterocycles. The van der Waals surface area contributed by atoms with Crippen LogP contribution in [0.3, 0.4) is 0 Å². The smallest absolute Gasteiger partial charge is 0.261 e. The molecule has 1 atom stereocenters. The Kier molecular flexibility index (Phi) is 5.31. The van der Waals surface area contributed by atoms with E-state index in [1.54, 1.807) is 18.2 Å². The highest BCUT2D eigenvalue weighted by Crippen LogP contribution is 2.17. The molecule has 0 radical (unpaired) electrons. The van der Waals surface area contributed by atoms with E-state index in [0.717, 1.165) is 11.3 Å². The lowest BCUT2D eigenvalue weighted by molar-refractivity contribution is -0.122. The predicted molar refractivity (Wildman–Crippen MR) is 100 cm³/mol. The average molecular weight is 351 g/mol. The van der Waals surface area contributed by atoms with Crippen molar-refractivity contribution in [3.8, 4) is 5.75 Å². The van der Waals surface area contributed by atoms with Crippen LogP contribution >= 0.6 is 0 Å². The number of hydrogen-bond acceptors (Lipinski definition) is 4. The van der Waals surface area contributed by atoms with Crippen LogP contribution in [-0.2, 0) is 11.3 Å². The number of hydrogen-bond donors (Lipinski definition) is 1. The summed E-state index contributed by atoms with van der Waals surface area (Å²) in [6.07, 6.45) is 1.41. The molecule has 0 saturated carbocycles. The van der Waals surface area contributed by atoms with Crippen LogP contribution in [0.4, 0.5) is 0 Å². The number of nitrogens with zero attached hydrogens (tertiary/aromatic N) is 2. The maximum absolute atomic E-state index is 12.4. The highest BCUT2D eigenvalue weighted by atomic mass is 16.5. The van der Waals surface area contributed by atoms with Crippen LogP contribution < -0.4 is 15.6 Å². The summed E-state index contributed by atoms with van der Waals surface area (Å²) in [7, 11) is 0. The van der Waals surface area contributed by atoms with Crippen molar-refractivity contribution in [3.63, 3.8) is 0 Å². The van der Waals surface area contributed by atoms with Gasteiger partial charge in [-0.3, -0.25) is 14.2 Å². The van der Waals surface area contributed by atoms with E-state index in [1.807, 2.05) is 44.2 Å². The van der Waals surface area contributed by atoms with Gasteiger partial charge < -0.3 is 10.1 Å². The van der Waals surface area contributed by atoms with Gasteiger partial charge in [0.2, 0.25) is 5.91 Å². The number of rotatable bonds is 6. The van der Waals surface area contributed by atoms with Crippen molar-refractivity contribution < 1.29 is 9.53 Å². The van der Waals surface area contributed by atoms with E-state index >= 15 is 0 Å². The molecule has 0 spiro atoms. The SMILES string of the molecule is CCOc1ccc(C(C)NC(=O)Cn2cnc3ccccc3c2=O)cc1. The Hall–Kier alpha value is -3.15. The third-order valence-electron chi connectivity index (χ3n) is 4.11. The van der Waals surface area contributed by atoms with Crippen LogP contribution in [0.15, 0.2) is 59.7 Å². The van der Waals surface area contributed by atoms with Crippen molar-refractivity contribution in [2.24, 2.45) is 0 Å². The van der Waals surface area contributed by atoms with Gasteiger partial charge in [0.05, 0.1) is 29.9 Å². The summed E-state index contributed by atoms with van der Waals surface area (Å²) in [5.41, 5.74) is 1.36. The Morgan fingerprint density at radius 1 is 1.19 bits per heavy atom. The van der Waals surface area contributed by atoms with Gasteiger partial charge >= 0.3 is 0 Å². The van der Waals surface area contributed by atoms with Gasteiger partial charge in [0.1, 0.15) is 12.3 Å². The van der Waals surface area contributed by atoms with Gasteiger partial charge in [-0.2, -0.15) is 0 Å². The summed E-state index contributed by atoms with van der Waals surface area (Å²) in [6.45, 7) is 4.37. The molecule has 1 amide bonds. The van der Waals surface area contributed by atoms with E-state index in [4.69, 9.17) is 4.74 Å². The second-order valence-electron chi connectivity index (χ2n) is 5.99. The van der Waals surface area contributed by atoms with E-state index in [2.05, 4.69) is 10.3 Å². The van der Waals surface area contributed by atoms with E-state index in [1.165, 1.54) is 10.9 Å². The first kappa shape index (κ1) is 17.7. The quantitative estimate of drug-likeness (QED) is 0.741. The average Bonchev–Trinajstić information content (AvgIpc) is 2.65. The zero-order chi connectivity index (χ0) is 18.5. The fraction of sp³-hybridized carbons (Fsp3) is 0.250. The molecule has 0 aliphatic carbocycles. The van der Waals surface area contributed by atoms with E-state index in [9.17, 15) is 9.59 Å². The molecule has 6 heteroatoms. The zero-order valence-electron chi connectivity index (χ0n) is 14.8. The predicted octanol–water partition coefficient (Wildman–Crippen LogP) is 2.67.